The summed E-state index contributed by atoms with van der Waals surface area (Å²) in [6.07, 6.45) is 0. The third-order valence-electron chi connectivity index (χ3n) is 3.22. The molecule has 2 aromatic rings. The van der Waals surface area contributed by atoms with Crippen LogP contribution in [-0.4, -0.2) is 50.9 Å². The van der Waals surface area contributed by atoms with Crippen molar-refractivity contribution in [2.24, 2.45) is 5.16 Å². The van der Waals surface area contributed by atoms with Crippen LogP contribution in [0.5, 0.6) is 11.8 Å². The van der Waals surface area contributed by atoms with Crippen molar-refractivity contribution in [3.63, 3.8) is 0 Å². The molecule has 0 amide bonds. The maximum Gasteiger partial charge on any atom is 0.516 e. The summed E-state index contributed by atoms with van der Waals surface area (Å²) in [4.78, 5) is 12.9. The highest BCUT2D eigenvalue weighted by Crippen LogP contribution is 2.28. The van der Waals surface area contributed by atoms with Crippen LogP contribution < -0.4 is 14.2 Å². The second kappa shape index (κ2) is 8.29. The summed E-state index contributed by atoms with van der Waals surface area (Å²) in [7, 11) is -1.80. The van der Waals surface area contributed by atoms with Gasteiger partial charge in [0.05, 0.1) is 26.0 Å². The summed E-state index contributed by atoms with van der Waals surface area (Å²) in [6.45, 7) is 0. The fraction of sp³-hybridized carbons (Fsp3) is 0.267. The lowest BCUT2D eigenvalue weighted by atomic mass is 10.1. The Kier molecular flexibility index (Phi) is 6.28. The number of nitrogens with zero attached hydrogens (tertiary/aromatic N) is 3. The van der Waals surface area contributed by atoms with Gasteiger partial charge < -0.3 is 14.3 Å². The van der Waals surface area contributed by atoms with Gasteiger partial charge in [0.2, 0.25) is 11.8 Å². The Morgan fingerprint density at radius 2 is 1.64 bits per heavy atom. The van der Waals surface area contributed by atoms with Crippen LogP contribution in [0.25, 0.3) is 0 Å². The number of methoxy groups -OCH3 is 2. The van der Waals surface area contributed by atoms with E-state index in [1.807, 2.05) is 0 Å². The number of anilines is 1. The number of aromatic nitrogens is 2. The Morgan fingerprint density at radius 3 is 2.14 bits per heavy atom. The van der Waals surface area contributed by atoms with Crippen molar-refractivity contribution in [3.8, 4) is 11.8 Å². The van der Waals surface area contributed by atoms with E-state index < -0.39 is 21.2 Å². The van der Waals surface area contributed by atoms with Crippen molar-refractivity contribution in [1.29, 1.82) is 0 Å². The molecule has 1 heterocycles. The lowest BCUT2D eigenvalue weighted by molar-refractivity contribution is -0.0429. The molecule has 28 heavy (non-hydrogen) atoms. The Morgan fingerprint density at radius 1 is 1.07 bits per heavy atom. The van der Waals surface area contributed by atoms with Crippen LogP contribution in [0.4, 0.5) is 18.9 Å². The summed E-state index contributed by atoms with van der Waals surface area (Å²) in [5, 5.41) is 3.73. The molecule has 0 saturated carbocycles. The smallest absolute Gasteiger partial charge is 0.481 e. The number of sulfonamides is 1. The number of ether oxygens (including phenoxy) is 2. The lowest BCUT2D eigenvalue weighted by Crippen LogP contribution is -2.30. The van der Waals surface area contributed by atoms with Gasteiger partial charge in [0, 0.05) is 5.56 Å². The molecule has 0 atom stereocenters. The van der Waals surface area contributed by atoms with Crippen molar-refractivity contribution >= 4 is 21.4 Å². The van der Waals surface area contributed by atoms with Crippen molar-refractivity contribution in [1.82, 2.24) is 9.97 Å². The molecule has 9 nitrogen and oxygen atoms in total. The van der Waals surface area contributed by atoms with Gasteiger partial charge in [-0.3, -0.25) is 4.72 Å². The van der Waals surface area contributed by atoms with E-state index in [4.69, 9.17) is 14.3 Å². The average molecular weight is 420 g/mol. The van der Waals surface area contributed by atoms with Crippen molar-refractivity contribution < 1.29 is 35.9 Å². The summed E-state index contributed by atoms with van der Waals surface area (Å²) in [5.41, 5.74) is -6.12. The van der Waals surface area contributed by atoms with Gasteiger partial charge in [-0.25, -0.2) is 0 Å². The summed E-state index contributed by atoms with van der Waals surface area (Å²) in [6, 6.07) is 6.62. The molecule has 13 heteroatoms. The molecule has 0 fully saturated rings. The first-order chi connectivity index (χ1) is 13.1. The zero-order chi connectivity index (χ0) is 20.9. The molecule has 0 aliphatic heterocycles. The normalized spacial score (nSPS) is 12.4. The second-order valence-electron chi connectivity index (χ2n) is 5.00. The maximum absolute atomic E-state index is 12.8. The summed E-state index contributed by atoms with van der Waals surface area (Å²) >= 11 is 0. The topological polar surface area (TPSA) is 112 Å². The zero-order valence-electron chi connectivity index (χ0n) is 14.8. The molecule has 1 aromatic heterocycles. The molecule has 0 aliphatic rings. The highest BCUT2D eigenvalue weighted by Gasteiger charge is 2.46. The van der Waals surface area contributed by atoms with Crippen LogP contribution in [0, 0.1) is 0 Å². The van der Waals surface area contributed by atoms with Gasteiger partial charge in [-0.15, -0.1) is 0 Å². The third kappa shape index (κ3) is 4.60. The van der Waals surface area contributed by atoms with E-state index in [1.54, 1.807) is 0 Å². The standard InChI is InChI=1S/C15H15F3N4O5S/c1-25-11-8-12(26-2)20-14(19-11)13(21-27-3)9-6-4-5-7-10(9)22-28(23,24)15(16,17)18/h4-8,22H,1-3H3. The molecule has 152 valence electrons. The fourth-order valence-corrected chi connectivity index (χ4v) is 2.59. The highest BCUT2D eigenvalue weighted by molar-refractivity contribution is 7.93. The van der Waals surface area contributed by atoms with Crippen LogP contribution >= 0.6 is 0 Å². The van der Waals surface area contributed by atoms with Gasteiger partial charge in [-0.2, -0.15) is 31.6 Å². The van der Waals surface area contributed by atoms with Gasteiger partial charge in [0.15, 0.2) is 11.5 Å². The predicted molar refractivity (Wildman–Crippen MR) is 92.8 cm³/mol. The Labute approximate surface area is 158 Å². The van der Waals surface area contributed by atoms with Crippen molar-refractivity contribution in [3.05, 3.63) is 41.7 Å². The number of para-hydroxylation sites is 1. The van der Waals surface area contributed by atoms with E-state index >= 15 is 0 Å². The summed E-state index contributed by atoms with van der Waals surface area (Å²) < 4.78 is 72.8. The predicted octanol–water partition coefficient (Wildman–Crippen LogP) is 2.15. The van der Waals surface area contributed by atoms with Crippen LogP contribution in [0.3, 0.4) is 0 Å². The average Bonchev–Trinajstić information content (AvgIpc) is 2.65. The van der Waals surface area contributed by atoms with E-state index in [-0.39, 0.29) is 28.9 Å². The molecule has 0 spiro atoms. The molecule has 0 bridgehead atoms. The van der Waals surface area contributed by atoms with E-state index in [0.29, 0.717) is 0 Å². The first kappa shape index (κ1) is 21.2. The van der Waals surface area contributed by atoms with E-state index in [9.17, 15) is 21.6 Å². The monoisotopic (exact) mass is 420 g/mol. The van der Waals surface area contributed by atoms with Gasteiger partial charge in [-0.05, 0) is 6.07 Å². The Hall–Kier alpha value is -3.09. The molecule has 0 radical (unpaired) electrons. The largest absolute Gasteiger partial charge is 0.516 e. The van der Waals surface area contributed by atoms with E-state index in [0.717, 1.165) is 6.07 Å². The van der Waals surface area contributed by atoms with Crippen molar-refractivity contribution in [2.45, 2.75) is 5.51 Å². The van der Waals surface area contributed by atoms with Gasteiger partial charge in [-0.1, -0.05) is 23.4 Å². The van der Waals surface area contributed by atoms with Gasteiger partial charge in [0.1, 0.15) is 7.11 Å². The number of hydrogen-bond acceptors (Lipinski definition) is 8. The molecule has 0 aliphatic carbocycles. The number of nitrogens with one attached hydrogen (secondary N) is 1. The van der Waals surface area contributed by atoms with E-state index in [1.165, 1.54) is 50.3 Å². The lowest BCUT2D eigenvalue weighted by Gasteiger charge is -2.15. The number of halogens is 3. The van der Waals surface area contributed by atoms with Crippen molar-refractivity contribution in [2.75, 3.05) is 26.1 Å². The number of oxime groups is 1. The molecule has 2 rings (SSSR count). The number of alkyl halides is 3. The number of rotatable bonds is 7. The molecule has 1 N–H and O–H groups in total. The fourth-order valence-electron chi connectivity index (χ4n) is 2.00. The third-order valence-corrected chi connectivity index (χ3v) is 4.32. The number of benzene rings is 1. The first-order valence-electron chi connectivity index (χ1n) is 7.40. The molecular formula is C15H15F3N4O5S. The second-order valence-corrected chi connectivity index (χ2v) is 6.67. The van der Waals surface area contributed by atoms with Crippen LogP contribution in [-0.2, 0) is 14.9 Å². The molecule has 0 unspecified atom stereocenters. The Balaban J connectivity index is 2.63. The first-order valence-corrected chi connectivity index (χ1v) is 8.88. The SMILES string of the molecule is CON=C(c1nc(OC)cc(OC)n1)c1ccccc1NS(=O)(=O)C(F)(F)F. The van der Waals surface area contributed by atoms with Crippen LogP contribution in [0.1, 0.15) is 11.4 Å². The molecular weight excluding hydrogens is 405 g/mol. The maximum atomic E-state index is 12.8. The van der Waals surface area contributed by atoms with Crippen LogP contribution in [0.2, 0.25) is 0 Å². The zero-order valence-corrected chi connectivity index (χ0v) is 15.6. The highest BCUT2D eigenvalue weighted by atomic mass is 32.2. The quantitative estimate of drug-likeness (QED) is 0.540. The minimum absolute atomic E-state index is 0.0625. The minimum Gasteiger partial charge on any atom is -0.481 e. The Bertz CT molecular complexity index is 958. The minimum atomic E-state index is -5.67. The van der Waals surface area contributed by atoms with E-state index in [2.05, 4.69) is 15.1 Å². The van der Waals surface area contributed by atoms with Gasteiger partial charge >= 0.3 is 15.5 Å². The molecule has 0 saturated heterocycles. The molecule has 1 aromatic carbocycles. The van der Waals surface area contributed by atoms with Gasteiger partial charge in [0.25, 0.3) is 0 Å². The number of hydrogen-bond donors (Lipinski definition) is 1. The summed E-state index contributed by atoms with van der Waals surface area (Å²) in [5.74, 6) is 0.0368. The van der Waals surface area contributed by atoms with Crippen LogP contribution in [0.15, 0.2) is 35.5 Å².